The Hall–Kier alpha value is -0.923. The number of carbonyl (C=O) groups excluding carboxylic acids is 2. The Bertz CT molecular complexity index is 785. The second-order valence-corrected chi connectivity index (χ2v) is 16.8. The van der Waals surface area contributed by atoms with E-state index in [2.05, 4.69) is 92.1 Å². The quantitative estimate of drug-likeness (QED) is 0.315. The van der Waals surface area contributed by atoms with E-state index in [0.717, 1.165) is 38.5 Å². The Balaban J connectivity index is 2.39. The summed E-state index contributed by atoms with van der Waals surface area (Å²) in [6.45, 7) is 29.9. The topological polar surface area (TPSA) is 59.1 Å². The van der Waals surface area contributed by atoms with E-state index in [1.165, 1.54) is 0 Å². The minimum Gasteiger partial charge on any atom is -0.391 e. The molecule has 0 aromatic rings. The maximum atomic E-state index is 12.9. The first kappa shape index (κ1) is 32.3. The average Bonchev–Trinajstić information content (AvgIpc) is 2.79. The van der Waals surface area contributed by atoms with Gasteiger partial charge in [0, 0.05) is 47.8 Å². The van der Waals surface area contributed by atoms with Gasteiger partial charge in [-0.3, -0.25) is 9.59 Å². The van der Waals surface area contributed by atoms with Crippen LogP contribution in [0.15, 0.2) is 0 Å². The Morgan fingerprint density at radius 1 is 0.703 bits per heavy atom. The molecule has 8 unspecified atom stereocenters. The number of hydrogen-bond acceptors (Lipinski definition) is 4. The molecule has 37 heavy (non-hydrogen) atoms. The summed E-state index contributed by atoms with van der Waals surface area (Å²) in [5.74, 6) is 0.677. The zero-order valence-corrected chi connectivity index (χ0v) is 27.6. The van der Waals surface area contributed by atoms with Crippen molar-refractivity contribution >= 4 is 20.4 Å². The molecule has 2 fully saturated rings. The molecule has 0 spiro atoms. The molecular weight excluding hydrogens is 480 g/mol. The SMILES string of the molecule is CCC1(C)CC(O[Si](C)(C)OC2CC(C)(CC)N(C(C)=O)C(C)(CC)C2C)C(C)C(C)(CC)N1C(C)=O. The van der Waals surface area contributed by atoms with Crippen LogP contribution < -0.4 is 0 Å². The highest BCUT2D eigenvalue weighted by atomic mass is 28.4. The molecule has 2 saturated heterocycles. The summed E-state index contributed by atoms with van der Waals surface area (Å²) in [7, 11) is -2.57. The number of rotatable bonds is 8. The number of piperidine rings is 2. The van der Waals surface area contributed by atoms with E-state index in [1.807, 2.05) is 0 Å². The van der Waals surface area contributed by atoms with Gasteiger partial charge in [-0.25, -0.2) is 0 Å². The molecule has 8 atom stereocenters. The highest BCUT2D eigenvalue weighted by molar-refractivity contribution is 6.64. The number of likely N-dealkylation sites (tertiary alicyclic amines) is 2. The van der Waals surface area contributed by atoms with Crippen LogP contribution in [0.4, 0.5) is 0 Å². The van der Waals surface area contributed by atoms with Gasteiger partial charge in [-0.05, 0) is 79.3 Å². The van der Waals surface area contributed by atoms with Gasteiger partial charge >= 0.3 is 8.56 Å². The van der Waals surface area contributed by atoms with E-state index in [-0.39, 0.29) is 58.0 Å². The van der Waals surface area contributed by atoms with Crippen LogP contribution in [-0.4, -0.2) is 64.5 Å². The van der Waals surface area contributed by atoms with Gasteiger partial charge in [0.25, 0.3) is 0 Å². The fourth-order valence-corrected chi connectivity index (χ4v) is 10.0. The molecule has 0 bridgehead atoms. The molecule has 0 aromatic carbocycles. The first-order valence-corrected chi connectivity index (χ1v) is 17.6. The van der Waals surface area contributed by atoms with E-state index in [9.17, 15) is 9.59 Å². The molecule has 0 N–H and O–H groups in total. The first-order valence-electron chi connectivity index (χ1n) is 14.8. The lowest BCUT2D eigenvalue weighted by Crippen LogP contribution is -2.71. The minimum absolute atomic E-state index is 0.0231. The number of amides is 2. The summed E-state index contributed by atoms with van der Waals surface area (Å²) < 4.78 is 14.1. The zero-order chi connectivity index (χ0) is 28.8. The standard InChI is InChI=1S/C30H58N2O4Si/c1-15-27(9)19-25(21(5)29(11,17-3)31(27)23(7)33)35-37(13,14)36-26-20-28(10,16-2)32(24(8)34)30(12,18-4)22(26)6/h21-22,25-26H,15-20H2,1-14H3. The number of carbonyl (C=O) groups is 2. The van der Waals surface area contributed by atoms with E-state index >= 15 is 0 Å². The molecular formula is C30H58N2O4Si. The molecule has 216 valence electrons. The molecule has 2 aliphatic heterocycles. The fraction of sp³-hybridized carbons (Fsp3) is 0.933. The van der Waals surface area contributed by atoms with Gasteiger partial charge in [0.2, 0.25) is 11.8 Å². The molecule has 0 aliphatic carbocycles. The maximum absolute atomic E-state index is 12.9. The molecule has 2 aliphatic rings. The van der Waals surface area contributed by atoms with Crippen molar-refractivity contribution in [1.82, 2.24) is 9.80 Å². The Labute approximate surface area is 229 Å². The molecule has 0 saturated carbocycles. The Kier molecular flexibility index (Phi) is 9.53. The molecule has 2 heterocycles. The van der Waals surface area contributed by atoms with Gasteiger partial charge in [-0.2, -0.15) is 0 Å². The van der Waals surface area contributed by atoms with Crippen molar-refractivity contribution in [2.75, 3.05) is 0 Å². The van der Waals surface area contributed by atoms with Crippen molar-refractivity contribution < 1.29 is 18.4 Å². The lowest BCUT2D eigenvalue weighted by atomic mass is 9.68. The van der Waals surface area contributed by atoms with Crippen molar-refractivity contribution in [1.29, 1.82) is 0 Å². The first-order chi connectivity index (χ1) is 16.8. The molecule has 2 amide bonds. The molecule has 0 aromatic heterocycles. The summed E-state index contributed by atoms with van der Waals surface area (Å²) in [6.07, 6.45) is 5.23. The summed E-state index contributed by atoms with van der Waals surface area (Å²) >= 11 is 0. The number of hydrogen-bond donors (Lipinski definition) is 0. The smallest absolute Gasteiger partial charge is 0.332 e. The maximum Gasteiger partial charge on any atom is 0.332 e. The molecule has 2 rings (SSSR count). The van der Waals surface area contributed by atoms with Gasteiger partial charge in [0.1, 0.15) is 0 Å². The fourth-order valence-electron chi connectivity index (χ4n) is 7.93. The van der Waals surface area contributed by atoms with Crippen molar-refractivity contribution in [3.8, 4) is 0 Å². The number of nitrogens with zero attached hydrogens (tertiary/aromatic N) is 2. The van der Waals surface area contributed by atoms with Gasteiger partial charge in [0.15, 0.2) is 0 Å². The summed E-state index contributed by atoms with van der Waals surface area (Å²) in [5, 5.41) is 0. The summed E-state index contributed by atoms with van der Waals surface area (Å²) in [4.78, 5) is 30.1. The average molecular weight is 539 g/mol. The normalized spacial score (nSPS) is 41.1. The van der Waals surface area contributed by atoms with E-state index in [4.69, 9.17) is 8.85 Å². The van der Waals surface area contributed by atoms with Crippen molar-refractivity contribution in [2.45, 2.75) is 169 Å². The van der Waals surface area contributed by atoms with Crippen molar-refractivity contribution in [3.05, 3.63) is 0 Å². The summed E-state index contributed by atoms with van der Waals surface area (Å²) in [6, 6.07) is 0. The van der Waals surface area contributed by atoms with E-state index in [0.29, 0.717) is 0 Å². The monoisotopic (exact) mass is 538 g/mol. The van der Waals surface area contributed by atoms with Gasteiger partial charge in [-0.15, -0.1) is 0 Å². The van der Waals surface area contributed by atoms with Crippen LogP contribution in [0.25, 0.3) is 0 Å². The zero-order valence-electron chi connectivity index (χ0n) is 26.6. The summed E-state index contributed by atoms with van der Waals surface area (Å²) in [5.41, 5.74) is -1.04. The van der Waals surface area contributed by atoms with Gasteiger partial charge < -0.3 is 18.7 Å². The second-order valence-electron chi connectivity index (χ2n) is 13.5. The van der Waals surface area contributed by atoms with E-state index in [1.54, 1.807) is 13.8 Å². The third-order valence-corrected chi connectivity index (χ3v) is 12.7. The Morgan fingerprint density at radius 2 is 1.00 bits per heavy atom. The van der Waals surface area contributed by atoms with Crippen LogP contribution in [0.1, 0.15) is 122 Å². The molecule has 0 radical (unpaired) electrons. The second kappa shape index (κ2) is 10.9. The predicted molar refractivity (Wildman–Crippen MR) is 155 cm³/mol. The largest absolute Gasteiger partial charge is 0.391 e. The molecule has 7 heteroatoms. The van der Waals surface area contributed by atoms with Gasteiger partial charge in [-0.1, -0.05) is 41.5 Å². The lowest BCUT2D eigenvalue weighted by molar-refractivity contribution is -0.173. The molecule has 6 nitrogen and oxygen atoms in total. The van der Waals surface area contributed by atoms with Crippen LogP contribution in [0, 0.1) is 11.8 Å². The van der Waals surface area contributed by atoms with E-state index < -0.39 is 8.56 Å². The predicted octanol–water partition coefficient (Wildman–Crippen LogP) is 6.91. The highest BCUT2D eigenvalue weighted by Crippen LogP contribution is 2.49. The van der Waals surface area contributed by atoms with Crippen LogP contribution in [-0.2, 0) is 18.4 Å². The minimum atomic E-state index is -2.57. The third-order valence-electron chi connectivity index (χ3n) is 10.9. The van der Waals surface area contributed by atoms with Crippen LogP contribution in [0.5, 0.6) is 0 Å². The van der Waals surface area contributed by atoms with Crippen LogP contribution in [0.2, 0.25) is 13.1 Å². The van der Waals surface area contributed by atoms with Crippen molar-refractivity contribution in [3.63, 3.8) is 0 Å². The van der Waals surface area contributed by atoms with Gasteiger partial charge in [0.05, 0.1) is 12.2 Å². The highest BCUT2D eigenvalue weighted by Gasteiger charge is 2.57. The van der Waals surface area contributed by atoms with Crippen LogP contribution in [0.3, 0.4) is 0 Å². The lowest BCUT2D eigenvalue weighted by Gasteiger charge is -2.62. The Morgan fingerprint density at radius 3 is 1.22 bits per heavy atom. The van der Waals surface area contributed by atoms with Crippen LogP contribution >= 0.6 is 0 Å². The van der Waals surface area contributed by atoms with Crippen molar-refractivity contribution in [2.24, 2.45) is 11.8 Å². The third kappa shape index (κ3) is 5.56.